The highest BCUT2D eigenvalue weighted by Crippen LogP contribution is 2.12. The van der Waals surface area contributed by atoms with Gasteiger partial charge in [-0.1, -0.05) is 6.92 Å². The van der Waals surface area contributed by atoms with E-state index in [1.165, 1.54) is 12.3 Å². The molecule has 1 heterocycles. The fourth-order valence-corrected chi connectivity index (χ4v) is 1.45. The molecule has 0 aromatic carbocycles. The van der Waals surface area contributed by atoms with Gasteiger partial charge in [0.15, 0.2) is 0 Å². The molecule has 7 heteroatoms. The molecule has 0 aliphatic rings. The average Bonchev–Trinajstić information content (AvgIpc) is 2.77. The van der Waals surface area contributed by atoms with E-state index < -0.39 is 4.92 Å². The maximum absolute atomic E-state index is 11.7. The van der Waals surface area contributed by atoms with Gasteiger partial charge in [0.1, 0.15) is 5.69 Å². The predicted octanol–water partition coefficient (Wildman–Crippen LogP) is 1.92. The molecule has 0 fully saturated rings. The van der Waals surface area contributed by atoms with Crippen molar-refractivity contribution in [2.24, 2.45) is 5.92 Å². The van der Waals surface area contributed by atoms with Crippen molar-refractivity contribution in [1.82, 2.24) is 10.3 Å². The number of nitro groups is 1. The molecule has 2 N–H and O–H groups in total. The van der Waals surface area contributed by atoms with E-state index in [1.807, 2.05) is 13.8 Å². The molecular formula is C10H14ClN3O3. The topological polar surface area (TPSA) is 88.0 Å². The summed E-state index contributed by atoms with van der Waals surface area (Å²) in [5.41, 5.74) is 0.0403. The Morgan fingerprint density at radius 1 is 1.65 bits per heavy atom. The molecular weight excluding hydrogens is 246 g/mol. The van der Waals surface area contributed by atoms with E-state index in [1.54, 1.807) is 0 Å². The van der Waals surface area contributed by atoms with Crippen molar-refractivity contribution in [2.75, 3.05) is 5.88 Å². The maximum Gasteiger partial charge on any atom is 0.287 e. The lowest BCUT2D eigenvalue weighted by Crippen LogP contribution is -2.37. The Balaban J connectivity index is 2.66. The highest BCUT2D eigenvalue weighted by Gasteiger charge is 2.18. The number of H-pyrrole nitrogens is 1. The zero-order chi connectivity index (χ0) is 13.0. The molecule has 6 nitrogen and oxygen atoms in total. The summed E-state index contributed by atoms with van der Waals surface area (Å²) < 4.78 is 0. The molecule has 0 radical (unpaired) electrons. The molecule has 1 amide bonds. The predicted molar refractivity (Wildman–Crippen MR) is 64.3 cm³/mol. The van der Waals surface area contributed by atoms with E-state index in [0.29, 0.717) is 5.88 Å². The first-order valence-electron chi connectivity index (χ1n) is 5.15. The molecule has 0 aliphatic carbocycles. The van der Waals surface area contributed by atoms with Crippen LogP contribution in [0.1, 0.15) is 24.3 Å². The van der Waals surface area contributed by atoms with E-state index in [-0.39, 0.29) is 29.2 Å². The number of aromatic nitrogens is 1. The van der Waals surface area contributed by atoms with Crippen LogP contribution in [0.4, 0.5) is 5.69 Å². The fourth-order valence-electron chi connectivity index (χ4n) is 1.18. The fraction of sp³-hybridized carbons (Fsp3) is 0.500. The van der Waals surface area contributed by atoms with Gasteiger partial charge in [-0.3, -0.25) is 14.9 Å². The summed E-state index contributed by atoms with van der Waals surface area (Å²) >= 11 is 5.67. The van der Waals surface area contributed by atoms with Crippen LogP contribution in [0.15, 0.2) is 12.3 Å². The average molecular weight is 260 g/mol. The number of nitrogens with one attached hydrogen (secondary N) is 2. The molecule has 1 aromatic rings. The Labute approximate surface area is 103 Å². The van der Waals surface area contributed by atoms with Gasteiger partial charge in [-0.15, -0.1) is 11.6 Å². The number of nitrogens with zero attached hydrogens (tertiary/aromatic N) is 1. The Bertz CT molecular complexity index is 419. The molecule has 1 aromatic heterocycles. The monoisotopic (exact) mass is 259 g/mol. The number of carbonyl (C=O) groups excluding carboxylic acids is 1. The molecule has 94 valence electrons. The van der Waals surface area contributed by atoms with Crippen molar-refractivity contribution < 1.29 is 9.72 Å². The first-order valence-corrected chi connectivity index (χ1v) is 5.68. The minimum Gasteiger partial charge on any atom is -0.351 e. The number of hydrogen-bond acceptors (Lipinski definition) is 3. The Morgan fingerprint density at radius 2 is 2.29 bits per heavy atom. The summed E-state index contributed by atoms with van der Waals surface area (Å²) in [6.45, 7) is 3.75. The third kappa shape index (κ3) is 3.45. The minimum atomic E-state index is -0.557. The third-order valence-electron chi connectivity index (χ3n) is 2.58. The summed E-state index contributed by atoms with van der Waals surface area (Å²) in [5.74, 6) is 0.194. The van der Waals surface area contributed by atoms with Crippen molar-refractivity contribution >= 4 is 23.2 Å². The van der Waals surface area contributed by atoms with Gasteiger partial charge in [-0.2, -0.15) is 0 Å². The first-order chi connectivity index (χ1) is 7.95. The zero-order valence-electron chi connectivity index (χ0n) is 9.57. The molecule has 0 bridgehead atoms. The van der Waals surface area contributed by atoms with Crippen molar-refractivity contribution in [3.05, 3.63) is 28.1 Å². The number of carbonyl (C=O) groups is 1. The van der Waals surface area contributed by atoms with Crippen LogP contribution in [0.5, 0.6) is 0 Å². The van der Waals surface area contributed by atoms with Gasteiger partial charge in [0, 0.05) is 18.0 Å². The summed E-state index contributed by atoms with van der Waals surface area (Å²) in [6.07, 6.45) is 1.19. The smallest absolute Gasteiger partial charge is 0.287 e. The van der Waals surface area contributed by atoms with Crippen LogP contribution in [0.3, 0.4) is 0 Å². The van der Waals surface area contributed by atoms with Gasteiger partial charge in [0.25, 0.3) is 11.6 Å². The van der Waals surface area contributed by atoms with Gasteiger partial charge in [0.2, 0.25) is 0 Å². The SMILES string of the molecule is CC(CCl)C(C)NC(=O)c1cc([N+](=O)[O-])c[nH]1. The number of aromatic amines is 1. The molecule has 0 saturated heterocycles. The van der Waals surface area contributed by atoms with E-state index in [9.17, 15) is 14.9 Å². The molecule has 1 rings (SSSR count). The Hall–Kier alpha value is -1.56. The summed E-state index contributed by atoms with van der Waals surface area (Å²) in [4.78, 5) is 24.2. The van der Waals surface area contributed by atoms with Crippen LogP contribution in [0.25, 0.3) is 0 Å². The maximum atomic E-state index is 11.7. The number of rotatable bonds is 5. The standard InChI is InChI=1S/C10H14ClN3O3/c1-6(4-11)7(2)13-10(15)9-3-8(5-12-9)14(16)17/h3,5-7,12H,4H2,1-2H3,(H,13,15). The number of alkyl halides is 1. The molecule has 17 heavy (non-hydrogen) atoms. The zero-order valence-corrected chi connectivity index (χ0v) is 10.3. The minimum absolute atomic E-state index is 0.0950. The Morgan fingerprint density at radius 3 is 2.76 bits per heavy atom. The highest BCUT2D eigenvalue weighted by atomic mass is 35.5. The number of halogens is 1. The van der Waals surface area contributed by atoms with Gasteiger partial charge >= 0.3 is 0 Å². The van der Waals surface area contributed by atoms with Crippen molar-refractivity contribution in [3.8, 4) is 0 Å². The molecule has 2 unspecified atom stereocenters. The van der Waals surface area contributed by atoms with Crippen LogP contribution in [0.2, 0.25) is 0 Å². The third-order valence-corrected chi connectivity index (χ3v) is 3.07. The van der Waals surface area contributed by atoms with Crippen molar-refractivity contribution in [2.45, 2.75) is 19.9 Å². The lowest BCUT2D eigenvalue weighted by molar-refractivity contribution is -0.384. The van der Waals surface area contributed by atoms with E-state index in [0.717, 1.165) is 0 Å². The molecule has 0 saturated carbocycles. The van der Waals surface area contributed by atoms with Gasteiger partial charge in [0.05, 0.1) is 11.1 Å². The molecule has 0 spiro atoms. The second kappa shape index (κ2) is 5.67. The Kier molecular flexibility index (Phi) is 4.51. The normalized spacial score (nSPS) is 14.1. The number of hydrogen-bond donors (Lipinski definition) is 2. The summed E-state index contributed by atoms with van der Waals surface area (Å²) in [6, 6.07) is 1.11. The van der Waals surface area contributed by atoms with Gasteiger partial charge in [-0.05, 0) is 12.8 Å². The first kappa shape index (κ1) is 13.5. The van der Waals surface area contributed by atoms with Crippen LogP contribution in [-0.4, -0.2) is 27.7 Å². The van der Waals surface area contributed by atoms with E-state index >= 15 is 0 Å². The van der Waals surface area contributed by atoms with Crippen molar-refractivity contribution in [3.63, 3.8) is 0 Å². The molecule has 2 atom stereocenters. The lowest BCUT2D eigenvalue weighted by atomic mass is 10.1. The van der Waals surface area contributed by atoms with E-state index in [2.05, 4.69) is 10.3 Å². The van der Waals surface area contributed by atoms with Crippen LogP contribution < -0.4 is 5.32 Å². The second-order valence-corrected chi connectivity index (χ2v) is 4.23. The quantitative estimate of drug-likeness (QED) is 0.481. The second-order valence-electron chi connectivity index (χ2n) is 3.92. The number of amides is 1. The summed E-state index contributed by atoms with van der Waals surface area (Å²) in [7, 11) is 0. The van der Waals surface area contributed by atoms with Crippen LogP contribution in [-0.2, 0) is 0 Å². The lowest BCUT2D eigenvalue weighted by Gasteiger charge is -2.18. The largest absolute Gasteiger partial charge is 0.351 e. The highest BCUT2D eigenvalue weighted by molar-refractivity contribution is 6.18. The van der Waals surface area contributed by atoms with E-state index in [4.69, 9.17) is 11.6 Å². The van der Waals surface area contributed by atoms with Gasteiger partial charge in [-0.25, -0.2) is 0 Å². The van der Waals surface area contributed by atoms with Crippen molar-refractivity contribution in [1.29, 1.82) is 0 Å². The molecule has 0 aliphatic heterocycles. The van der Waals surface area contributed by atoms with Crippen LogP contribution >= 0.6 is 11.6 Å². The van der Waals surface area contributed by atoms with Crippen LogP contribution in [0, 0.1) is 16.0 Å². The van der Waals surface area contributed by atoms with Gasteiger partial charge < -0.3 is 10.3 Å². The summed E-state index contributed by atoms with van der Waals surface area (Å²) in [5, 5.41) is 13.2.